The molecule has 0 heterocycles. The molecule has 0 fully saturated rings. The molecule has 82 valence electrons. The standard InChI is InChI=1S/C12H23NO/c1-5-7-8-13(9-10-14)12(6-2)11(3)4/h2,11-12,14H,5,7-10H2,1,3-4H3. The molecule has 0 aromatic carbocycles. The van der Waals surface area contributed by atoms with E-state index >= 15 is 0 Å². The van der Waals surface area contributed by atoms with Gasteiger partial charge in [-0.15, -0.1) is 6.42 Å². The molecule has 0 aliphatic rings. The number of nitrogens with zero attached hydrogens (tertiary/aromatic N) is 1. The van der Waals surface area contributed by atoms with Gasteiger partial charge in [-0.1, -0.05) is 33.1 Å². The van der Waals surface area contributed by atoms with Crippen LogP contribution in [0.2, 0.25) is 0 Å². The average molecular weight is 197 g/mol. The van der Waals surface area contributed by atoms with Gasteiger partial charge in [-0.25, -0.2) is 0 Å². The summed E-state index contributed by atoms with van der Waals surface area (Å²) < 4.78 is 0. The van der Waals surface area contributed by atoms with Gasteiger partial charge in [-0.2, -0.15) is 0 Å². The Morgan fingerprint density at radius 1 is 1.36 bits per heavy atom. The molecule has 0 spiro atoms. The molecule has 0 saturated heterocycles. The second-order valence-corrected chi connectivity index (χ2v) is 3.97. The van der Waals surface area contributed by atoms with Crippen LogP contribution in [-0.4, -0.2) is 35.7 Å². The van der Waals surface area contributed by atoms with Crippen molar-refractivity contribution in [3.8, 4) is 12.3 Å². The van der Waals surface area contributed by atoms with E-state index in [0.29, 0.717) is 12.5 Å². The Hall–Kier alpha value is -0.520. The van der Waals surface area contributed by atoms with E-state index in [0.717, 1.165) is 19.4 Å². The molecule has 0 rings (SSSR count). The van der Waals surface area contributed by atoms with Crippen molar-refractivity contribution >= 4 is 0 Å². The molecule has 2 heteroatoms. The number of unbranched alkanes of at least 4 members (excludes halogenated alkanes) is 1. The third kappa shape index (κ3) is 4.64. The smallest absolute Gasteiger partial charge is 0.0735 e. The van der Waals surface area contributed by atoms with Crippen LogP contribution >= 0.6 is 0 Å². The lowest BCUT2D eigenvalue weighted by Gasteiger charge is -2.30. The molecule has 0 amide bonds. The van der Waals surface area contributed by atoms with Crippen molar-refractivity contribution in [2.45, 2.75) is 39.7 Å². The van der Waals surface area contributed by atoms with Crippen molar-refractivity contribution in [1.82, 2.24) is 4.90 Å². The SMILES string of the molecule is C#CC(C(C)C)N(CCO)CCCC. The van der Waals surface area contributed by atoms with Crippen molar-refractivity contribution in [3.05, 3.63) is 0 Å². The van der Waals surface area contributed by atoms with Crippen molar-refractivity contribution in [3.63, 3.8) is 0 Å². The van der Waals surface area contributed by atoms with E-state index in [-0.39, 0.29) is 12.6 Å². The molecule has 0 radical (unpaired) electrons. The summed E-state index contributed by atoms with van der Waals surface area (Å²) >= 11 is 0. The molecule has 1 atom stereocenters. The van der Waals surface area contributed by atoms with Gasteiger partial charge >= 0.3 is 0 Å². The molecule has 14 heavy (non-hydrogen) atoms. The van der Waals surface area contributed by atoms with Gasteiger partial charge in [0.1, 0.15) is 0 Å². The third-order valence-electron chi connectivity index (χ3n) is 2.38. The Morgan fingerprint density at radius 3 is 2.36 bits per heavy atom. The monoisotopic (exact) mass is 197 g/mol. The van der Waals surface area contributed by atoms with Crippen LogP contribution in [0.4, 0.5) is 0 Å². The molecule has 1 N–H and O–H groups in total. The third-order valence-corrected chi connectivity index (χ3v) is 2.38. The fourth-order valence-electron chi connectivity index (χ4n) is 1.60. The first-order valence-electron chi connectivity index (χ1n) is 5.48. The molecule has 0 aromatic rings. The van der Waals surface area contributed by atoms with Crippen molar-refractivity contribution < 1.29 is 5.11 Å². The predicted molar refractivity (Wildman–Crippen MR) is 61.0 cm³/mol. The highest BCUT2D eigenvalue weighted by Crippen LogP contribution is 2.10. The summed E-state index contributed by atoms with van der Waals surface area (Å²) in [6, 6.07) is 0.161. The number of terminal acetylenes is 1. The summed E-state index contributed by atoms with van der Waals surface area (Å²) in [4.78, 5) is 2.20. The van der Waals surface area contributed by atoms with Gasteiger partial charge in [0.2, 0.25) is 0 Å². The molecular formula is C12H23NO. The van der Waals surface area contributed by atoms with Crippen LogP contribution in [0, 0.1) is 18.3 Å². The van der Waals surface area contributed by atoms with Crippen molar-refractivity contribution in [2.75, 3.05) is 19.7 Å². The second-order valence-electron chi connectivity index (χ2n) is 3.97. The van der Waals surface area contributed by atoms with Gasteiger partial charge in [0, 0.05) is 6.54 Å². The Balaban J connectivity index is 4.21. The second kappa shape index (κ2) is 7.84. The van der Waals surface area contributed by atoms with Crippen molar-refractivity contribution in [2.24, 2.45) is 5.92 Å². The van der Waals surface area contributed by atoms with E-state index in [4.69, 9.17) is 11.5 Å². The van der Waals surface area contributed by atoms with Gasteiger partial charge < -0.3 is 5.11 Å². The quantitative estimate of drug-likeness (QED) is 0.628. The first kappa shape index (κ1) is 13.5. The van der Waals surface area contributed by atoms with E-state index in [1.807, 2.05) is 0 Å². The van der Waals surface area contributed by atoms with Crippen LogP contribution in [0.25, 0.3) is 0 Å². The maximum Gasteiger partial charge on any atom is 0.0735 e. The van der Waals surface area contributed by atoms with Gasteiger partial charge in [0.25, 0.3) is 0 Å². The first-order valence-corrected chi connectivity index (χ1v) is 5.48. The van der Waals surface area contributed by atoms with E-state index in [9.17, 15) is 0 Å². The number of aliphatic hydroxyl groups excluding tert-OH is 1. The molecule has 0 saturated carbocycles. The topological polar surface area (TPSA) is 23.5 Å². The minimum Gasteiger partial charge on any atom is -0.395 e. The summed E-state index contributed by atoms with van der Waals surface area (Å²) in [5.74, 6) is 3.26. The number of aliphatic hydroxyl groups is 1. The fraction of sp³-hybridized carbons (Fsp3) is 0.833. The minimum atomic E-state index is 0.161. The van der Waals surface area contributed by atoms with E-state index in [2.05, 4.69) is 31.6 Å². The molecule has 0 bridgehead atoms. The maximum absolute atomic E-state index is 8.95. The normalized spacial score (nSPS) is 13.2. The van der Waals surface area contributed by atoms with Gasteiger partial charge in [0.05, 0.1) is 12.6 Å². The fourth-order valence-corrected chi connectivity index (χ4v) is 1.60. The lowest BCUT2D eigenvalue weighted by atomic mass is 10.0. The molecule has 0 aliphatic heterocycles. The lowest BCUT2D eigenvalue weighted by Crippen LogP contribution is -2.40. The van der Waals surface area contributed by atoms with E-state index < -0.39 is 0 Å². The molecule has 0 aromatic heterocycles. The van der Waals surface area contributed by atoms with E-state index in [1.54, 1.807) is 0 Å². The van der Waals surface area contributed by atoms with Crippen LogP contribution in [0.1, 0.15) is 33.6 Å². The van der Waals surface area contributed by atoms with Gasteiger partial charge in [-0.3, -0.25) is 4.90 Å². The van der Waals surface area contributed by atoms with Crippen LogP contribution in [0.15, 0.2) is 0 Å². The zero-order valence-electron chi connectivity index (χ0n) is 9.66. The molecule has 0 aliphatic carbocycles. The van der Waals surface area contributed by atoms with Crippen molar-refractivity contribution in [1.29, 1.82) is 0 Å². The molecule has 1 unspecified atom stereocenters. The summed E-state index contributed by atoms with van der Waals surface area (Å²) in [6.45, 7) is 8.28. The first-order chi connectivity index (χ1) is 6.67. The number of hydrogen-bond donors (Lipinski definition) is 1. The average Bonchev–Trinajstić information content (AvgIpc) is 2.14. The van der Waals surface area contributed by atoms with Crippen LogP contribution in [0.3, 0.4) is 0 Å². The van der Waals surface area contributed by atoms with Gasteiger partial charge in [-0.05, 0) is 18.9 Å². The highest BCUT2D eigenvalue weighted by Gasteiger charge is 2.18. The van der Waals surface area contributed by atoms with Gasteiger partial charge in [0.15, 0.2) is 0 Å². The molecule has 2 nitrogen and oxygen atoms in total. The zero-order chi connectivity index (χ0) is 11.0. The Morgan fingerprint density at radius 2 is 2.00 bits per heavy atom. The Labute approximate surface area is 88.3 Å². The maximum atomic E-state index is 8.95. The summed E-state index contributed by atoms with van der Waals surface area (Å²) in [7, 11) is 0. The zero-order valence-corrected chi connectivity index (χ0v) is 9.66. The van der Waals surface area contributed by atoms with Crippen LogP contribution < -0.4 is 0 Å². The van der Waals surface area contributed by atoms with Crippen LogP contribution in [0.5, 0.6) is 0 Å². The largest absolute Gasteiger partial charge is 0.395 e. The van der Waals surface area contributed by atoms with Crippen LogP contribution in [-0.2, 0) is 0 Å². The highest BCUT2D eigenvalue weighted by atomic mass is 16.3. The summed E-state index contributed by atoms with van der Waals surface area (Å²) in [6.07, 6.45) is 7.81. The van der Waals surface area contributed by atoms with E-state index in [1.165, 1.54) is 0 Å². The Bertz CT molecular complexity index is 172. The number of hydrogen-bond acceptors (Lipinski definition) is 2. The summed E-state index contributed by atoms with van der Waals surface area (Å²) in [5.41, 5.74) is 0. The summed E-state index contributed by atoms with van der Waals surface area (Å²) in [5, 5.41) is 8.95. The number of rotatable bonds is 7. The lowest BCUT2D eigenvalue weighted by molar-refractivity contribution is 0.150. The molecular weight excluding hydrogens is 174 g/mol. The highest BCUT2D eigenvalue weighted by molar-refractivity contribution is 5.01. The minimum absolute atomic E-state index is 0.161. The predicted octanol–water partition coefficient (Wildman–Crippen LogP) is 1.74. The Kier molecular flexibility index (Phi) is 7.55.